The predicted molar refractivity (Wildman–Crippen MR) is 85.3 cm³/mol. The van der Waals surface area contributed by atoms with Gasteiger partial charge in [-0.25, -0.2) is 4.98 Å². The Kier molecular flexibility index (Phi) is 5.16. The van der Waals surface area contributed by atoms with E-state index in [1.54, 1.807) is 0 Å². The van der Waals surface area contributed by atoms with Gasteiger partial charge in [-0.1, -0.05) is 26.0 Å². The molecule has 1 heterocycles. The summed E-state index contributed by atoms with van der Waals surface area (Å²) >= 11 is 1.39. The number of amides is 1. The van der Waals surface area contributed by atoms with E-state index in [1.807, 2.05) is 43.5 Å². The number of ether oxygens (including phenoxy) is 1. The van der Waals surface area contributed by atoms with E-state index < -0.39 is 0 Å². The Morgan fingerprint density at radius 2 is 2.29 bits per heavy atom. The van der Waals surface area contributed by atoms with Crippen LogP contribution in [-0.4, -0.2) is 24.0 Å². The number of benzene rings is 1. The molecule has 1 aromatic carbocycles. The molecule has 1 amide bonds. The largest absolute Gasteiger partial charge is 0.484 e. The predicted octanol–water partition coefficient (Wildman–Crippen LogP) is 2.54. The van der Waals surface area contributed by atoms with E-state index in [-0.39, 0.29) is 12.5 Å². The number of nitrogens with two attached hydrogens (primary N) is 1. The van der Waals surface area contributed by atoms with Crippen molar-refractivity contribution in [2.45, 2.75) is 13.8 Å². The minimum Gasteiger partial charge on any atom is -0.484 e. The molecule has 0 bridgehead atoms. The number of nitrogens with one attached hydrogen (secondary N) is 1. The fourth-order valence-corrected chi connectivity index (χ4v) is 2.26. The van der Waals surface area contributed by atoms with Crippen LogP contribution in [0.2, 0.25) is 0 Å². The third kappa shape index (κ3) is 4.75. The average Bonchev–Trinajstić information content (AvgIpc) is 2.90. The van der Waals surface area contributed by atoms with E-state index in [2.05, 4.69) is 10.3 Å². The van der Waals surface area contributed by atoms with Crippen LogP contribution >= 0.6 is 11.3 Å². The molecule has 0 aliphatic carbocycles. The molecule has 3 N–H and O–H groups in total. The number of aromatic nitrogens is 1. The summed E-state index contributed by atoms with van der Waals surface area (Å²) in [6, 6.07) is 7.46. The molecule has 5 nitrogen and oxygen atoms in total. The minimum absolute atomic E-state index is 0.00930. The van der Waals surface area contributed by atoms with Gasteiger partial charge >= 0.3 is 0 Å². The van der Waals surface area contributed by atoms with Crippen LogP contribution in [0.4, 0.5) is 5.13 Å². The summed E-state index contributed by atoms with van der Waals surface area (Å²) in [4.78, 5) is 15.8. The van der Waals surface area contributed by atoms with Crippen LogP contribution in [0, 0.1) is 5.92 Å². The number of nitrogen functional groups attached to an aromatic ring is 1. The van der Waals surface area contributed by atoms with E-state index in [4.69, 9.17) is 10.5 Å². The number of carbonyl (C=O) groups excluding carboxylic acids is 1. The van der Waals surface area contributed by atoms with Crippen molar-refractivity contribution < 1.29 is 9.53 Å². The van der Waals surface area contributed by atoms with Crippen LogP contribution in [0.3, 0.4) is 0 Å². The second-order valence-electron chi connectivity index (χ2n) is 5.09. The number of rotatable bonds is 6. The number of carbonyl (C=O) groups is 1. The van der Waals surface area contributed by atoms with Gasteiger partial charge in [0.25, 0.3) is 5.91 Å². The standard InChI is InChI=1S/C15H19N3O2S/c1-10(2)7-17-14(19)8-20-12-5-3-4-11(6-12)13-9-21-15(16)18-13/h3-6,9-10H,7-8H2,1-2H3,(H2,16,18)(H,17,19). The summed E-state index contributed by atoms with van der Waals surface area (Å²) in [7, 11) is 0. The molecule has 0 radical (unpaired) electrons. The third-order valence-corrected chi connectivity index (χ3v) is 3.40. The Bertz CT molecular complexity index is 610. The molecule has 0 saturated carbocycles. The van der Waals surface area contributed by atoms with Gasteiger partial charge in [0.1, 0.15) is 5.75 Å². The highest BCUT2D eigenvalue weighted by molar-refractivity contribution is 7.13. The van der Waals surface area contributed by atoms with Gasteiger partial charge in [-0.3, -0.25) is 4.79 Å². The highest BCUT2D eigenvalue weighted by Gasteiger charge is 2.06. The Balaban J connectivity index is 1.94. The first kappa shape index (κ1) is 15.3. The molecule has 21 heavy (non-hydrogen) atoms. The maximum Gasteiger partial charge on any atom is 0.257 e. The molecule has 6 heteroatoms. The Labute approximate surface area is 128 Å². The molecule has 112 valence electrons. The summed E-state index contributed by atoms with van der Waals surface area (Å²) in [6.07, 6.45) is 0. The third-order valence-electron chi connectivity index (χ3n) is 2.73. The lowest BCUT2D eigenvalue weighted by Crippen LogP contribution is -2.31. The smallest absolute Gasteiger partial charge is 0.257 e. The Morgan fingerprint density at radius 1 is 1.48 bits per heavy atom. The van der Waals surface area contributed by atoms with Gasteiger partial charge in [-0.05, 0) is 18.1 Å². The van der Waals surface area contributed by atoms with E-state index in [1.165, 1.54) is 11.3 Å². The van der Waals surface area contributed by atoms with Crippen molar-refractivity contribution in [1.29, 1.82) is 0 Å². The van der Waals surface area contributed by atoms with Gasteiger partial charge in [-0.15, -0.1) is 11.3 Å². The number of nitrogens with zero attached hydrogens (tertiary/aromatic N) is 1. The first-order chi connectivity index (χ1) is 10.0. The molecular weight excluding hydrogens is 286 g/mol. The topological polar surface area (TPSA) is 77.2 Å². The SMILES string of the molecule is CC(C)CNC(=O)COc1cccc(-c2csc(N)n2)c1. The van der Waals surface area contributed by atoms with Crippen molar-refractivity contribution in [3.05, 3.63) is 29.6 Å². The lowest BCUT2D eigenvalue weighted by Gasteiger charge is -2.09. The summed E-state index contributed by atoms with van der Waals surface area (Å²) in [5, 5.41) is 5.24. The van der Waals surface area contributed by atoms with Crippen LogP contribution < -0.4 is 15.8 Å². The molecule has 0 fully saturated rings. The van der Waals surface area contributed by atoms with E-state index in [9.17, 15) is 4.79 Å². The van der Waals surface area contributed by atoms with Crippen molar-refractivity contribution in [3.8, 4) is 17.0 Å². The molecule has 0 aliphatic rings. The quantitative estimate of drug-likeness (QED) is 0.860. The summed E-state index contributed by atoms with van der Waals surface area (Å²) in [6.45, 7) is 4.75. The molecule has 0 aliphatic heterocycles. The normalized spacial score (nSPS) is 10.6. The highest BCUT2D eigenvalue weighted by atomic mass is 32.1. The first-order valence-corrected chi connectivity index (χ1v) is 7.63. The van der Waals surface area contributed by atoms with Crippen LogP contribution in [0.15, 0.2) is 29.6 Å². The van der Waals surface area contributed by atoms with Gasteiger partial charge in [0.15, 0.2) is 11.7 Å². The lowest BCUT2D eigenvalue weighted by atomic mass is 10.2. The number of hydrogen-bond acceptors (Lipinski definition) is 5. The van der Waals surface area contributed by atoms with Crippen molar-refractivity contribution in [3.63, 3.8) is 0 Å². The average molecular weight is 305 g/mol. The molecule has 2 aromatic rings. The molecule has 2 rings (SSSR count). The van der Waals surface area contributed by atoms with Crippen LogP contribution in [0.25, 0.3) is 11.3 Å². The summed E-state index contributed by atoms with van der Waals surface area (Å²) < 4.78 is 5.50. The van der Waals surface area contributed by atoms with Crippen LogP contribution in [0.5, 0.6) is 5.75 Å². The van der Waals surface area contributed by atoms with E-state index in [0.29, 0.717) is 23.3 Å². The van der Waals surface area contributed by atoms with Crippen molar-refractivity contribution >= 4 is 22.4 Å². The zero-order valence-corrected chi connectivity index (χ0v) is 12.9. The number of anilines is 1. The van der Waals surface area contributed by atoms with E-state index >= 15 is 0 Å². The maximum atomic E-state index is 11.6. The van der Waals surface area contributed by atoms with E-state index in [0.717, 1.165) is 11.3 Å². The zero-order chi connectivity index (χ0) is 15.2. The van der Waals surface area contributed by atoms with Gasteiger partial charge < -0.3 is 15.8 Å². The van der Waals surface area contributed by atoms with Gasteiger partial charge in [0.05, 0.1) is 5.69 Å². The molecule has 0 atom stereocenters. The second kappa shape index (κ2) is 7.08. The summed E-state index contributed by atoms with van der Waals surface area (Å²) in [5.74, 6) is 0.943. The zero-order valence-electron chi connectivity index (χ0n) is 12.1. The monoisotopic (exact) mass is 305 g/mol. The van der Waals surface area contributed by atoms with Crippen molar-refractivity contribution in [2.24, 2.45) is 5.92 Å². The van der Waals surface area contributed by atoms with Crippen LogP contribution in [0.1, 0.15) is 13.8 Å². The second-order valence-corrected chi connectivity index (χ2v) is 5.98. The molecule has 0 saturated heterocycles. The molecule has 0 spiro atoms. The van der Waals surface area contributed by atoms with Crippen LogP contribution in [-0.2, 0) is 4.79 Å². The minimum atomic E-state index is -0.119. The Morgan fingerprint density at radius 3 is 2.95 bits per heavy atom. The Hall–Kier alpha value is -2.08. The number of thiazole rings is 1. The molecule has 0 unspecified atom stereocenters. The lowest BCUT2D eigenvalue weighted by molar-refractivity contribution is -0.123. The van der Waals surface area contributed by atoms with Crippen molar-refractivity contribution in [1.82, 2.24) is 10.3 Å². The highest BCUT2D eigenvalue weighted by Crippen LogP contribution is 2.26. The maximum absolute atomic E-state index is 11.6. The first-order valence-electron chi connectivity index (χ1n) is 6.75. The summed E-state index contributed by atoms with van der Waals surface area (Å²) in [5.41, 5.74) is 7.37. The fourth-order valence-electron chi connectivity index (χ4n) is 1.68. The van der Waals surface area contributed by atoms with Gasteiger partial charge in [0.2, 0.25) is 0 Å². The fraction of sp³-hybridized carbons (Fsp3) is 0.333. The number of hydrogen-bond donors (Lipinski definition) is 2. The van der Waals surface area contributed by atoms with Gasteiger partial charge in [-0.2, -0.15) is 0 Å². The van der Waals surface area contributed by atoms with Crippen molar-refractivity contribution in [2.75, 3.05) is 18.9 Å². The molecular formula is C15H19N3O2S. The van der Waals surface area contributed by atoms with Gasteiger partial charge in [0, 0.05) is 17.5 Å². The molecule has 1 aromatic heterocycles.